The highest BCUT2D eigenvalue weighted by atomic mass is 79.9. The molecule has 1 aliphatic rings. The first-order valence-corrected chi connectivity index (χ1v) is 8.85. The first-order valence-electron chi connectivity index (χ1n) is 6.20. The lowest BCUT2D eigenvalue weighted by Gasteiger charge is -2.15. The van der Waals surface area contributed by atoms with Gasteiger partial charge in [0.2, 0.25) is 10.0 Å². The Labute approximate surface area is 144 Å². The first-order chi connectivity index (χ1) is 9.44. The number of benzene rings is 1. The van der Waals surface area contributed by atoms with Crippen LogP contribution in [-0.4, -0.2) is 34.7 Å². The van der Waals surface area contributed by atoms with Gasteiger partial charge in [0.25, 0.3) is 0 Å². The second kappa shape index (κ2) is 7.99. The highest BCUT2D eigenvalue weighted by Gasteiger charge is 2.24. The quantitative estimate of drug-likeness (QED) is 0.769. The Hall–Kier alpha value is -0.0500. The van der Waals surface area contributed by atoms with E-state index in [1.165, 1.54) is 13.2 Å². The van der Waals surface area contributed by atoms with Gasteiger partial charge in [0.15, 0.2) is 5.75 Å². The highest BCUT2D eigenvalue weighted by molar-refractivity contribution is 9.10. The van der Waals surface area contributed by atoms with Crippen LogP contribution in [0.3, 0.4) is 0 Å². The summed E-state index contributed by atoms with van der Waals surface area (Å²) in [6.45, 7) is 1.29. The highest BCUT2D eigenvalue weighted by Crippen LogP contribution is 2.35. The lowest BCUT2D eigenvalue weighted by molar-refractivity contribution is 0.399. The number of halogens is 3. The van der Waals surface area contributed by atoms with Crippen molar-refractivity contribution in [3.63, 3.8) is 0 Å². The van der Waals surface area contributed by atoms with E-state index in [1.807, 2.05) is 0 Å². The third-order valence-electron chi connectivity index (χ3n) is 3.15. The molecule has 1 saturated heterocycles. The predicted octanol–water partition coefficient (Wildman–Crippen LogP) is 2.56. The van der Waals surface area contributed by atoms with E-state index < -0.39 is 10.0 Å². The molecule has 1 fully saturated rings. The molecule has 1 aromatic rings. The van der Waals surface area contributed by atoms with Crippen molar-refractivity contribution in [3.05, 3.63) is 21.6 Å². The monoisotopic (exact) mass is 418 g/mol. The third-order valence-corrected chi connectivity index (χ3v) is 5.39. The van der Waals surface area contributed by atoms with Crippen molar-refractivity contribution < 1.29 is 13.2 Å². The Balaban J connectivity index is 0.00000220. The molecule has 9 heteroatoms. The minimum atomic E-state index is -3.66. The van der Waals surface area contributed by atoms with Crippen LogP contribution in [0.25, 0.3) is 0 Å². The van der Waals surface area contributed by atoms with Crippen molar-refractivity contribution in [3.8, 4) is 5.75 Å². The average molecular weight is 420 g/mol. The molecule has 0 aliphatic carbocycles. The van der Waals surface area contributed by atoms with E-state index >= 15 is 0 Å². The zero-order valence-corrected chi connectivity index (χ0v) is 15.3. The van der Waals surface area contributed by atoms with Crippen LogP contribution in [0, 0.1) is 0 Å². The molecule has 1 aliphatic heterocycles. The number of sulfonamides is 1. The summed E-state index contributed by atoms with van der Waals surface area (Å²) in [5, 5.41) is 3.57. The molecule has 0 bridgehead atoms. The van der Waals surface area contributed by atoms with Crippen LogP contribution >= 0.6 is 39.9 Å². The van der Waals surface area contributed by atoms with Gasteiger partial charge in [-0.05, 0) is 47.4 Å². The molecule has 1 heterocycles. The molecular formula is C12H17BrCl2N2O3S. The van der Waals surface area contributed by atoms with E-state index in [9.17, 15) is 8.42 Å². The van der Waals surface area contributed by atoms with Gasteiger partial charge in [0.05, 0.1) is 11.6 Å². The second-order valence-corrected chi connectivity index (χ2v) is 7.59. The summed E-state index contributed by atoms with van der Waals surface area (Å²) in [4.78, 5) is 0.0392. The van der Waals surface area contributed by atoms with E-state index in [4.69, 9.17) is 16.3 Å². The van der Waals surface area contributed by atoms with Crippen LogP contribution in [-0.2, 0) is 10.0 Å². The van der Waals surface area contributed by atoms with Gasteiger partial charge >= 0.3 is 0 Å². The van der Waals surface area contributed by atoms with Crippen molar-refractivity contribution in [2.45, 2.75) is 23.8 Å². The molecular weight excluding hydrogens is 403 g/mol. The van der Waals surface area contributed by atoms with Crippen molar-refractivity contribution in [2.75, 3.05) is 20.2 Å². The van der Waals surface area contributed by atoms with Crippen LogP contribution in [0.4, 0.5) is 0 Å². The van der Waals surface area contributed by atoms with Gasteiger partial charge in [-0.15, -0.1) is 12.4 Å². The molecule has 0 aromatic heterocycles. The van der Waals surface area contributed by atoms with Gasteiger partial charge in [0, 0.05) is 17.6 Å². The zero-order chi connectivity index (χ0) is 14.8. The maximum absolute atomic E-state index is 12.4. The van der Waals surface area contributed by atoms with Crippen molar-refractivity contribution >= 4 is 50.0 Å². The van der Waals surface area contributed by atoms with Gasteiger partial charge in [0.1, 0.15) is 4.90 Å². The predicted molar refractivity (Wildman–Crippen MR) is 89.2 cm³/mol. The summed E-state index contributed by atoms with van der Waals surface area (Å²) in [5.74, 6) is 0.251. The SMILES string of the molecule is COc1c(Br)cc(Cl)cc1S(=O)(=O)NCC1CCCN1.Cl. The molecule has 1 atom stereocenters. The lowest BCUT2D eigenvalue weighted by Crippen LogP contribution is -2.37. The largest absolute Gasteiger partial charge is 0.494 e. The van der Waals surface area contributed by atoms with Crippen LogP contribution in [0.15, 0.2) is 21.5 Å². The number of hydrogen-bond donors (Lipinski definition) is 2. The third kappa shape index (κ3) is 4.71. The molecule has 1 unspecified atom stereocenters. The molecule has 1 aromatic carbocycles. The fourth-order valence-electron chi connectivity index (χ4n) is 2.15. The Bertz CT molecular complexity index is 592. The molecule has 0 amide bonds. The van der Waals surface area contributed by atoms with Gasteiger partial charge < -0.3 is 10.1 Å². The Morgan fingerprint density at radius 3 is 2.81 bits per heavy atom. The molecule has 120 valence electrons. The van der Waals surface area contributed by atoms with Crippen LogP contribution in [0.1, 0.15) is 12.8 Å². The van der Waals surface area contributed by atoms with Gasteiger partial charge in [-0.3, -0.25) is 0 Å². The lowest BCUT2D eigenvalue weighted by atomic mass is 10.2. The molecule has 5 nitrogen and oxygen atoms in total. The maximum atomic E-state index is 12.4. The number of methoxy groups -OCH3 is 1. The van der Waals surface area contributed by atoms with Gasteiger partial charge in [-0.25, -0.2) is 13.1 Å². The number of hydrogen-bond acceptors (Lipinski definition) is 4. The average Bonchev–Trinajstić information content (AvgIpc) is 2.89. The summed E-state index contributed by atoms with van der Waals surface area (Å²) >= 11 is 9.18. The van der Waals surface area contributed by atoms with Crippen LogP contribution in [0.5, 0.6) is 5.75 Å². The fourth-order valence-corrected chi connectivity index (χ4v) is 4.62. The van der Waals surface area contributed by atoms with Crippen LogP contribution in [0.2, 0.25) is 5.02 Å². The van der Waals surface area contributed by atoms with Gasteiger partial charge in [-0.2, -0.15) is 0 Å². The molecule has 0 saturated carbocycles. The molecule has 21 heavy (non-hydrogen) atoms. The standard InChI is InChI=1S/C12H16BrClN2O3S.ClH/c1-19-12-10(13)5-8(14)6-11(12)20(17,18)16-7-9-3-2-4-15-9;/h5-6,9,15-16H,2-4,7H2,1H3;1H. The Kier molecular flexibility index (Phi) is 7.23. The fraction of sp³-hybridized carbons (Fsp3) is 0.500. The van der Waals surface area contributed by atoms with Crippen molar-refractivity contribution in [1.29, 1.82) is 0 Å². The summed E-state index contributed by atoms with van der Waals surface area (Å²) in [6, 6.07) is 3.16. The molecule has 0 radical (unpaired) electrons. The number of rotatable bonds is 5. The Morgan fingerprint density at radius 2 is 2.24 bits per heavy atom. The normalized spacial score (nSPS) is 18.3. The summed E-state index contributed by atoms with van der Waals surface area (Å²) in [7, 11) is -2.24. The maximum Gasteiger partial charge on any atom is 0.244 e. The van der Waals surface area contributed by atoms with Crippen molar-refractivity contribution in [1.82, 2.24) is 10.0 Å². The zero-order valence-electron chi connectivity index (χ0n) is 11.4. The van der Waals surface area contributed by atoms with E-state index in [0.717, 1.165) is 19.4 Å². The molecule has 2 N–H and O–H groups in total. The number of ether oxygens (including phenoxy) is 1. The minimum absolute atomic E-state index is 0. The van der Waals surface area contributed by atoms with Crippen LogP contribution < -0.4 is 14.8 Å². The minimum Gasteiger partial charge on any atom is -0.494 e. The second-order valence-electron chi connectivity index (χ2n) is 4.56. The summed E-state index contributed by atoms with van der Waals surface area (Å²) in [5.41, 5.74) is 0. The van der Waals surface area contributed by atoms with E-state index in [1.54, 1.807) is 6.07 Å². The smallest absolute Gasteiger partial charge is 0.244 e. The topological polar surface area (TPSA) is 67.4 Å². The molecule has 2 rings (SSSR count). The Morgan fingerprint density at radius 1 is 1.52 bits per heavy atom. The van der Waals surface area contributed by atoms with E-state index in [2.05, 4.69) is 26.0 Å². The van der Waals surface area contributed by atoms with E-state index in [-0.39, 0.29) is 29.1 Å². The first kappa shape index (κ1) is 19.0. The molecule has 0 spiro atoms. The van der Waals surface area contributed by atoms with Gasteiger partial charge in [-0.1, -0.05) is 11.6 Å². The summed E-state index contributed by atoms with van der Waals surface area (Å²) < 4.78 is 33.0. The van der Waals surface area contributed by atoms with E-state index in [0.29, 0.717) is 16.0 Å². The number of nitrogens with one attached hydrogen (secondary N) is 2. The summed E-state index contributed by atoms with van der Waals surface area (Å²) in [6.07, 6.45) is 2.04. The van der Waals surface area contributed by atoms with Crippen molar-refractivity contribution in [2.24, 2.45) is 0 Å².